The van der Waals surface area contributed by atoms with E-state index in [0.29, 0.717) is 15.9 Å². The van der Waals surface area contributed by atoms with Crippen LogP contribution in [0.25, 0.3) is 0 Å². The molecular formula is C14H14BrNO3S. The van der Waals surface area contributed by atoms with Crippen molar-refractivity contribution >= 4 is 31.6 Å². The number of hydrogen-bond donors (Lipinski definition) is 1. The van der Waals surface area contributed by atoms with E-state index in [1.165, 1.54) is 7.11 Å². The Balaban J connectivity index is 2.20. The molecule has 0 saturated carbocycles. The van der Waals surface area contributed by atoms with E-state index in [1.807, 2.05) is 18.2 Å². The Bertz CT molecular complexity index is 687. The highest BCUT2D eigenvalue weighted by atomic mass is 79.9. The maximum Gasteiger partial charge on any atom is 0.236 e. The van der Waals surface area contributed by atoms with E-state index in [4.69, 9.17) is 4.74 Å². The molecule has 0 unspecified atom stereocenters. The van der Waals surface area contributed by atoms with Crippen LogP contribution in [0.4, 0.5) is 5.69 Å². The molecule has 0 aliphatic heterocycles. The van der Waals surface area contributed by atoms with Crippen LogP contribution in [0, 0.1) is 0 Å². The van der Waals surface area contributed by atoms with Crippen LogP contribution in [-0.2, 0) is 15.8 Å². The number of benzene rings is 2. The summed E-state index contributed by atoms with van der Waals surface area (Å²) in [6, 6.07) is 14.1. The van der Waals surface area contributed by atoms with Crippen molar-refractivity contribution in [1.29, 1.82) is 0 Å². The third-order valence-corrected chi connectivity index (χ3v) is 4.57. The fourth-order valence-corrected chi connectivity index (χ4v) is 3.39. The molecule has 0 aliphatic rings. The second kappa shape index (κ2) is 6.28. The zero-order valence-corrected chi connectivity index (χ0v) is 13.2. The molecule has 0 saturated heterocycles. The first-order chi connectivity index (χ1) is 9.50. The Morgan fingerprint density at radius 3 is 2.50 bits per heavy atom. The normalized spacial score (nSPS) is 11.1. The molecule has 0 spiro atoms. The van der Waals surface area contributed by atoms with Gasteiger partial charge < -0.3 is 4.74 Å². The van der Waals surface area contributed by atoms with Crippen molar-refractivity contribution in [2.45, 2.75) is 5.75 Å². The summed E-state index contributed by atoms with van der Waals surface area (Å²) in [7, 11) is -1.94. The number of methoxy groups -OCH3 is 1. The van der Waals surface area contributed by atoms with Gasteiger partial charge in [-0.1, -0.05) is 30.3 Å². The average molecular weight is 356 g/mol. The van der Waals surface area contributed by atoms with E-state index in [1.54, 1.807) is 30.3 Å². The third-order valence-electron chi connectivity index (χ3n) is 2.64. The van der Waals surface area contributed by atoms with Crippen molar-refractivity contribution in [3.63, 3.8) is 0 Å². The summed E-state index contributed by atoms with van der Waals surface area (Å²) in [6.07, 6.45) is 0. The molecule has 0 fully saturated rings. The number of sulfonamides is 1. The van der Waals surface area contributed by atoms with Crippen LogP contribution in [-0.4, -0.2) is 15.5 Å². The van der Waals surface area contributed by atoms with Crippen molar-refractivity contribution in [3.05, 3.63) is 58.6 Å². The predicted molar refractivity (Wildman–Crippen MR) is 83.4 cm³/mol. The summed E-state index contributed by atoms with van der Waals surface area (Å²) in [5.74, 6) is 0.517. The molecule has 20 heavy (non-hydrogen) atoms. The first kappa shape index (κ1) is 14.9. The molecule has 4 nitrogen and oxygen atoms in total. The van der Waals surface area contributed by atoms with Gasteiger partial charge in [-0.2, -0.15) is 0 Å². The summed E-state index contributed by atoms with van der Waals surface area (Å²) in [4.78, 5) is 0. The van der Waals surface area contributed by atoms with Gasteiger partial charge in [0.15, 0.2) is 0 Å². The minimum atomic E-state index is -3.47. The number of rotatable bonds is 5. The monoisotopic (exact) mass is 355 g/mol. The Morgan fingerprint density at radius 2 is 1.85 bits per heavy atom. The largest absolute Gasteiger partial charge is 0.497 e. The van der Waals surface area contributed by atoms with Gasteiger partial charge in [0.2, 0.25) is 10.0 Å². The maximum absolute atomic E-state index is 12.1. The lowest BCUT2D eigenvalue weighted by atomic mass is 10.2. The molecule has 2 aromatic rings. The van der Waals surface area contributed by atoms with Crippen LogP contribution in [0.1, 0.15) is 5.56 Å². The molecule has 2 aromatic carbocycles. The fourth-order valence-electron chi connectivity index (χ4n) is 1.71. The summed E-state index contributed by atoms with van der Waals surface area (Å²) in [6.45, 7) is 0. The van der Waals surface area contributed by atoms with E-state index >= 15 is 0 Å². The molecule has 0 bridgehead atoms. The van der Waals surface area contributed by atoms with Crippen molar-refractivity contribution in [3.8, 4) is 5.75 Å². The van der Waals surface area contributed by atoms with Gasteiger partial charge in [-0.05, 0) is 33.6 Å². The number of halogens is 1. The number of ether oxygens (including phenoxy) is 1. The van der Waals surface area contributed by atoms with Gasteiger partial charge in [0.25, 0.3) is 0 Å². The summed E-state index contributed by atoms with van der Waals surface area (Å²) in [5.41, 5.74) is 1.19. The first-order valence-corrected chi connectivity index (χ1v) is 8.33. The van der Waals surface area contributed by atoms with Crippen LogP contribution < -0.4 is 9.46 Å². The van der Waals surface area contributed by atoms with E-state index in [2.05, 4.69) is 20.7 Å². The van der Waals surface area contributed by atoms with Crippen LogP contribution in [0.2, 0.25) is 0 Å². The molecule has 0 atom stereocenters. The van der Waals surface area contributed by atoms with Gasteiger partial charge in [0.05, 0.1) is 18.6 Å². The van der Waals surface area contributed by atoms with Gasteiger partial charge in [-0.3, -0.25) is 4.72 Å². The van der Waals surface area contributed by atoms with Crippen LogP contribution >= 0.6 is 15.9 Å². The molecule has 0 radical (unpaired) electrons. The van der Waals surface area contributed by atoms with Gasteiger partial charge in [-0.25, -0.2) is 8.42 Å². The number of nitrogens with one attached hydrogen (secondary N) is 1. The molecule has 0 aromatic heterocycles. The highest BCUT2D eigenvalue weighted by Crippen LogP contribution is 2.28. The Hall–Kier alpha value is -1.53. The van der Waals surface area contributed by atoms with Gasteiger partial charge in [0.1, 0.15) is 5.75 Å². The van der Waals surface area contributed by atoms with E-state index in [-0.39, 0.29) is 5.75 Å². The van der Waals surface area contributed by atoms with Crippen molar-refractivity contribution in [1.82, 2.24) is 0 Å². The predicted octanol–water partition coefficient (Wildman–Crippen LogP) is 3.40. The first-order valence-electron chi connectivity index (χ1n) is 5.88. The maximum atomic E-state index is 12.1. The van der Waals surface area contributed by atoms with Crippen molar-refractivity contribution in [2.24, 2.45) is 0 Å². The molecule has 6 heteroatoms. The SMILES string of the molecule is COc1ccc(Br)c(NS(=O)(=O)Cc2ccccc2)c1. The molecule has 0 aliphatic carbocycles. The highest BCUT2D eigenvalue weighted by Gasteiger charge is 2.14. The fraction of sp³-hybridized carbons (Fsp3) is 0.143. The zero-order valence-electron chi connectivity index (χ0n) is 10.8. The Labute approximate surface area is 127 Å². The summed E-state index contributed by atoms with van der Waals surface area (Å²) >= 11 is 3.32. The van der Waals surface area contributed by atoms with Crippen molar-refractivity contribution in [2.75, 3.05) is 11.8 Å². The minimum Gasteiger partial charge on any atom is -0.497 e. The van der Waals surface area contributed by atoms with Crippen LogP contribution in [0.15, 0.2) is 53.0 Å². The summed E-state index contributed by atoms with van der Waals surface area (Å²) in [5, 5.41) is 0. The van der Waals surface area contributed by atoms with E-state index < -0.39 is 10.0 Å². The zero-order chi connectivity index (χ0) is 14.6. The smallest absolute Gasteiger partial charge is 0.236 e. The summed E-state index contributed by atoms with van der Waals surface area (Å²) < 4.78 is 32.6. The molecule has 2 rings (SSSR count). The van der Waals surface area contributed by atoms with Crippen molar-refractivity contribution < 1.29 is 13.2 Å². The lowest BCUT2D eigenvalue weighted by Gasteiger charge is -2.11. The van der Waals surface area contributed by atoms with Crippen LogP contribution in [0.3, 0.4) is 0 Å². The van der Waals surface area contributed by atoms with Crippen LogP contribution in [0.5, 0.6) is 5.75 Å². The van der Waals surface area contributed by atoms with E-state index in [0.717, 1.165) is 5.56 Å². The lowest BCUT2D eigenvalue weighted by Crippen LogP contribution is -2.15. The lowest BCUT2D eigenvalue weighted by molar-refractivity contribution is 0.415. The van der Waals surface area contributed by atoms with Gasteiger partial charge in [-0.15, -0.1) is 0 Å². The number of hydrogen-bond acceptors (Lipinski definition) is 3. The van der Waals surface area contributed by atoms with Gasteiger partial charge >= 0.3 is 0 Å². The number of anilines is 1. The second-order valence-corrected chi connectivity index (χ2v) is 6.77. The minimum absolute atomic E-state index is 0.0719. The average Bonchev–Trinajstić information content (AvgIpc) is 2.41. The molecule has 0 amide bonds. The quantitative estimate of drug-likeness (QED) is 0.893. The molecule has 106 valence electrons. The molecular weight excluding hydrogens is 342 g/mol. The Kier molecular flexibility index (Phi) is 4.67. The van der Waals surface area contributed by atoms with E-state index in [9.17, 15) is 8.42 Å². The Morgan fingerprint density at radius 1 is 1.15 bits per heavy atom. The molecule has 0 heterocycles. The topological polar surface area (TPSA) is 55.4 Å². The highest BCUT2D eigenvalue weighted by molar-refractivity contribution is 9.10. The molecule has 1 N–H and O–H groups in total. The second-order valence-electron chi connectivity index (χ2n) is 4.19. The standard InChI is InChI=1S/C14H14BrNO3S/c1-19-12-7-8-13(15)14(9-12)16-20(17,18)10-11-5-3-2-4-6-11/h2-9,16H,10H2,1H3. The van der Waals surface area contributed by atoms with Gasteiger partial charge in [0, 0.05) is 10.5 Å². The third kappa shape index (κ3) is 3.98.